The van der Waals surface area contributed by atoms with Gasteiger partial charge in [0.05, 0.1) is 11.4 Å². The summed E-state index contributed by atoms with van der Waals surface area (Å²) in [4.78, 5) is 27.3. The van der Waals surface area contributed by atoms with Crippen LogP contribution in [0, 0.1) is 13.8 Å². The first-order chi connectivity index (χ1) is 16.9. The highest BCUT2D eigenvalue weighted by atomic mass is 16.2. The normalized spacial score (nSPS) is 10.6. The van der Waals surface area contributed by atoms with Gasteiger partial charge in [-0.25, -0.2) is 9.48 Å². The van der Waals surface area contributed by atoms with Gasteiger partial charge in [0.15, 0.2) is 0 Å². The SMILES string of the molecule is CCN(CC(=O)Nc1cc(-c2ccccc2)nn1-c1ccccc1)C(=O)Nc1ccc(C)cc1C. The maximum absolute atomic E-state index is 13.0. The summed E-state index contributed by atoms with van der Waals surface area (Å²) in [6, 6.07) is 26.7. The van der Waals surface area contributed by atoms with E-state index in [2.05, 4.69) is 10.6 Å². The van der Waals surface area contributed by atoms with Crippen molar-refractivity contribution in [1.29, 1.82) is 0 Å². The number of carbonyl (C=O) groups excluding carboxylic acids is 2. The van der Waals surface area contributed by atoms with Crippen LogP contribution in [0.1, 0.15) is 18.1 Å². The monoisotopic (exact) mass is 467 g/mol. The number of amides is 3. The fourth-order valence-corrected chi connectivity index (χ4v) is 3.82. The molecular weight excluding hydrogens is 438 g/mol. The van der Waals surface area contributed by atoms with Crippen LogP contribution in [0.3, 0.4) is 0 Å². The Morgan fingerprint density at radius 2 is 1.57 bits per heavy atom. The molecule has 0 aliphatic rings. The Kier molecular flexibility index (Phi) is 7.26. The second kappa shape index (κ2) is 10.7. The van der Waals surface area contributed by atoms with Crippen LogP contribution in [0.4, 0.5) is 16.3 Å². The predicted molar refractivity (Wildman–Crippen MR) is 140 cm³/mol. The number of para-hydroxylation sites is 1. The second-order valence-electron chi connectivity index (χ2n) is 8.34. The van der Waals surface area contributed by atoms with Crippen molar-refractivity contribution in [2.75, 3.05) is 23.7 Å². The van der Waals surface area contributed by atoms with Crippen LogP contribution in [-0.2, 0) is 4.79 Å². The number of nitrogens with one attached hydrogen (secondary N) is 2. The number of benzene rings is 3. The third kappa shape index (κ3) is 5.76. The van der Waals surface area contributed by atoms with Gasteiger partial charge in [0, 0.05) is 23.9 Å². The van der Waals surface area contributed by atoms with Gasteiger partial charge >= 0.3 is 6.03 Å². The van der Waals surface area contributed by atoms with Crippen molar-refractivity contribution in [2.45, 2.75) is 20.8 Å². The third-order valence-electron chi connectivity index (χ3n) is 5.67. The summed E-state index contributed by atoms with van der Waals surface area (Å²) in [7, 11) is 0. The van der Waals surface area contributed by atoms with E-state index >= 15 is 0 Å². The minimum atomic E-state index is -0.323. The number of urea groups is 1. The average Bonchev–Trinajstić information content (AvgIpc) is 3.29. The summed E-state index contributed by atoms with van der Waals surface area (Å²) in [5.74, 6) is 0.227. The molecule has 1 aromatic heterocycles. The zero-order valence-corrected chi connectivity index (χ0v) is 20.2. The van der Waals surface area contributed by atoms with Gasteiger partial charge in [-0.2, -0.15) is 5.10 Å². The molecule has 35 heavy (non-hydrogen) atoms. The lowest BCUT2D eigenvalue weighted by Gasteiger charge is -2.21. The highest BCUT2D eigenvalue weighted by Crippen LogP contribution is 2.25. The van der Waals surface area contributed by atoms with E-state index in [1.165, 1.54) is 4.90 Å². The van der Waals surface area contributed by atoms with Gasteiger partial charge in [-0.15, -0.1) is 0 Å². The molecule has 7 heteroatoms. The summed E-state index contributed by atoms with van der Waals surface area (Å²) in [6.07, 6.45) is 0. The van der Waals surface area contributed by atoms with Crippen molar-refractivity contribution < 1.29 is 9.59 Å². The van der Waals surface area contributed by atoms with Gasteiger partial charge in [-0.3, -0.25) is 4.79 Å². The Balaban J connectivity index is 1.52. The smallest absolute Gasteiger partial charge is 0.315 e. The van der Waals surface area contributed by atoms with E-state index in [-0.39, 0.29) is 18.5 Å². The van der Waals surface area contributed by atoms with E-state index in [1.807, 2.05) is 106 Å². The second-order valence-corrected chi connectivity index (χ2v) is 8.34. The lowest BCUT2D eigenvalue weighted by Crippen LogP contribution is -2.40. The van der Waals surface area contributed by atoms with E-state index in [9.17, 15) is 9.59 Å². The number of aryl methyl sites for hydroxylation is 2. The standard InChI is InChI=1S/C28H29N5O2/c1-4-32(28(35)29-24-16-15-20(2)17-21(24)3)19-27(34)30-26-18-25(22-11-7-5-8-12-22)31-33(26)23-13-9-6-10-14-23/h5-18H,4,19H2,1-3H3,(H,29,35)(H,30,34). The van der Waals surface area contributed by atoms with Crippen molar-refractivity contribution in [3.05, 3.63) is 96.1 Å². The summed E-state index contributed by atoms with van der Waals surface area (Å²) in [5, 5.41) is 10.6. The molecule has 4 aromatic rings. The molecule has 0 unspecified atom stereocenters. The van der Waals surface area contributed by atoms with Crippen LogP contribution < -0.4 is 10.6 Å². The van der Waals surface area contributed by atoms with Gasteiger partial charge in [0.1, 0.15) is 12.4 Å². The summed E-state index contributed by atoms with van der Waals surface area (Å²) in [5.41, 5.74) is 5.33. The molecule has 0 saturated carbocycles. The number of hydrogen-bond acceptors (Lipinski definition) is 3. The van der Waals surface area contributed by atoms with Gasteiger partial charge in [0.25, 0.3) is 0 Å². The van der Waals surface area contributed by atoms with Crippen molar-refractivity contribution in [2.24, 2.45) is 0 Å². The third-order valence-corrected chi connectivity index (χ3v) is 5.67. The number of nitrogens with zero attached hydrogens (tertiary/aromatic N) is 3. The number of likely N-dealkylation sites (N-methyl/N-ethyl adjacent to an activating group) is 1. The minimum absolute atomic E-state index is 0.0894. The van der Waals surface area contributed by atoms with E-state index in [0.717, 1.165) is 33.8 Å². The largest absolute Gasteiger partial charge is 0.322 e. The maximum atomic E-state index is 13.0. The highest BCUT2D eigenvalue weighted by molar-refractivity contribution is 5.97. The molecule has 3 aromatic carbocycles. The van der Waals surface area contributed by atoms with E-state index < -0.39 is 0 Å². The number of aromatic nitrogens is 2. The van der Waals surface area contributed by atoms with Gasteiger partial charge < -0.3 is 15.5 Å². The topological polar surface area (TPSA) is 79.3 Å². The Labute approximate surface area is 205 Å². The average molecular weight is 468 g/mol. The molecule has 0 fully saturated rings. The van der Waals surface area contributed by atoms with Gasteiger partial charge in [-0.1, -0.05) is 66.2 Å². The fraction of sp³-hybridized carbons (Fsp3) is 0.179. The number of rotatable bonds is 7. The molecule has 178 valence electrons. The van der Waals surface area contributed by atoms with Crippen molar-refractivity contribution in [3.8, 4) is 16.9 Å². The molecule has 0 radical (unpaired) electrons. The Bertz CT molecular complexity index is 1320. The Morgan fingerprint density at radius 3 is 2.23 bits per heavy atom. The molecule has 0 bridgehead atoms. The first-order valence-electron chi connectivity index (χ1n) is 11.6. The highest BCUT2D eigenvalue weighted by Gasteiger charge is 2.19. The quantitative estimate of drug-likeness (QED) is 0.369. The van der Waals surface area contributed by atoms with Gasteiger partial charge in [-0.05, 0) is 44.5 Å². The molecule has 3 amide bonds. The van der Waals surface area contributed by atoms with Crippen LogP contribution in [-0.4, -0.2) is 39.7 Å². The predicted octanol–water partition coefficient (Wildman–Crippen LogP) is 5.65. The molecule has 0 aliphatic carbocycles. The van der Waals surface area contributed by atoms with Crippen molar-refractivity contribution in [1.82, 2.24) is 14.7 Å². The van der Waals surface area contributed by atoms with Crippen molar-refractivity contribution >= 4 is 23.4 Å². The van der Waals surface area contributed by atoms with E-state index in [4.69, 9.17) is 5.10 Å². The number of carbonyl (C=O) groups is 2. The van der Waals surface area contributed by atoms with Crippen LogP contribution >= 0.6 is 0 Å². The maximum Gasteiger partial charge on any atom is 0.322 e. The molecule has 0 saturated heterocycles. The van der Waals surface area contributed by atoms with E-state index in [1.54, 1.807) is 4.68 Å². The molecule has 2 N–H and O–H groups in total. The first kappa shape index (κ1) is 23.8. The molecule has 0 atom stereocenters. The zero-order chi connectivity index (χ0) is 24.8. The molecule has 1 heterocycles. The first-order valence-corrected chi connectivity index (χ1v) is 11.6. The minimum Gasteiger partial charge on any atom is -0.315 e. The van der Waals surface area contributed by atoms with Crippen molar-refractivity contribution in [3.63, 3.8) is 0 Å². The summed E-state index contributed by atoms with van der Waals surface area (Å²) >= 11 is 0. The summed E-state index contributed by atoms with van der Waals surface area (Å²) < 4.78 is 1.70. The molecule has 7 nitrogen and oxygen atoms in total. The number of anilines is 2. The molecule has 4 rings (SSSR count). The Hall–Kier alpha value is -4.39. The van der Waals surface area contributed by atoms with Gasteiger partial charge in [0.2, 0.25) is 5.91 Å². The molecule has 0 aliphatic heterocycles. The number of hydrogen-bond donors (Lipinski definition) is 2. The lowest BCUT2D eigenvalue weighted by atomic mass is 10.1. The lowest BCUT2D eigenvalue weighted by molar-refractivity contribution is -0.116. The molecule has 0 spiro atoms. The van der Waals surface area contributed by atoms with Crippen LogP contribution in [0.25, 0.3) is 16.9 Å². The molecular formula is C28H29N5O2. The Morgan fingerprint density at radius 1 is 0.886 bits per heavy atom. The van der Waals surface area contributed by atoms with Crippen LogP contribution in [0.15, 0.2) is 84.9 Å². The van der Waals surface area contributed by atoms with Crippen LogP contribution in [0.2, 0.25) is 0 Å². The summed E-state index contributed by atoms with van der Waals surface area (Å²) in [6.45, 7) is 6.09. The zero-order valence-electron chi connectivity index (χ0n) is 20.2. The fourth-order valence-electron chi connectivity index (χ4n) is 3.82. The van der Waals surface area contributed by atoms with E-state index in [0.29, 0.717) is 12.4 Å². The van der Waals surface area contributed by atoms with Crippen LogP contribution in [0.5, 0.6) is 0 Å².